The number of benzene rings is 2. The third-order valence-electron chi connectivity index (χ3n) is 4.48. The highest BCUT2D eigenvalue weighted by atomic mass is 16.5. The van der Waals surface area contributed by atoms with Crippen molar-refractivity contribution < 1.29 is 9.53 Å². The highest BCUT2D eigenvalue weighted by Gasteiger charge is 2.13. The van der Waals surface area contributed by atoms with E-state index < -0.39 is 0 Å². The van der Waals surface area contributed by atoms with Crippen LogP contribution in [0, 0.1) is 0 Å². The molecule has 0 radical (unpaired) electrons. The molecule has 0 spiro atoms. The normalized spacial score (nSPS) is 15.7. The second-order valence-electron chi connectivity index (χ2n) is 6.24. The van der Waals surface area contributed by atoms with E-state index in [-0.39, 0.29) is 5.91 Å². The van der Waals surface area contributed by atoms with Gasteiger partial charge in [-0.05, 0) is 12.1 Å². The first-order valence-electron chi connectivity index (χ1n) is 8.71. The molecule has 6 heteroatoms. The zero-order valence-corrected chi connectivity index (χ0v) is 14.4. The quantitative estimate of drug-likeness (QED) is 0.446. The minimum absolute atomic E-state index is 0.120. The zero-order valence-electron chi connectivity index (χ0n) is 14.4. The fraction of sp³-hybridized carbons (Fsp3) is 0.250. The fourth-order valence-corrected chi connectivity index (χ4v) is 3.18. The van der Waals surface area contributed by atoms with E-state index in [1.807, 2.05) is 48.5 Å². The van der Waals surface area contributed by atoms with Crippen LogP contribution in [-0.2, 0) is 9.53 Å². The summed E-state index contributed by atoms with van der Waals surface area (Å²) in [6, 6.07) is 15.9. The Labute approximate surface area is 151 Å². The van der Waals surface area contributed by atoms with Crippen molar-refractivity contribution in [2.75, 3.05) is 32.8 Å². The third kappa shape index (κ3) is 3.56. The average Bonchev–Trinajstić information content (AvgIpc) is 2.68. The fourth-order valence-electron chi connectivity index (χ4n) is 3.18. The average molecular weight is 348 g/mol. The minimum atomic E-state index is -0.120. The highest BCUT2D eigenvalue weighted by molar-refractivity contribution is 6.10. The van der Waals surface area contributed by atoms with Crippen LogP contribution in [0.25, 0.3) is 21.8 Å². The van der Waals surface area contributed by atoms with E-state index >= 15 is 0 Å². The summed E-state index contributed by atoms with van der Waals surface area (Å²) in [5.74, 6) is -0.120. The summed E-state index contributed by atoms with van der Waals surface area (Å²) in [6.07, 6.45) is 1.71. The Morgan fingerprint density at radius 1 is 1.08 bits per heavy atom. The molecule has 1 aromatic heterocycles. The number of hydrogen-bond donors (Lipinski definition) is 1. The van der Waals surface area contributed by atoms with Crippen LogP contribution in [-0.4, -0.2) is 54.9 Å². The van der Waals surface area contributed by atoms with Gasteiger partial charge in [0.05, 0.1) is 37.0 Å². The molecule has 0 saturated carbocycles. The van der Waals surface area contributed by atoms with Crippen LogP contribution in [0.5, 0.6) is 0 Å². The molecule has 2 aromatic carbocycles. The number of ether oxygens (including phenoxy) is 1. The van der Waals surface area contributed by atoms with Crippen LogP contribution in [0.1, 0.15) is 5.56 Å². The number of hydrazone groups is 1. The molecule has 1 N–H and O–H groups in total. The van der Waals surface area contributed by atoms with Crippen LogP contribution in [0.3, 0.4) is 0 Å². The summed E-state index contributed by atoms with van der Waals surface area (Å²) >= 11 is 0. The van der Waals surface area contributed by atoms with E-state index in [0.29, 0.717) is 19.8 Å². The Hall–Kier alpha value is -2.83. The van der Waals surface area contributed by atoms with Gasteiger partial charge in [-0.2, -0.15) is 5.10 Å². The maximum absolute atomic E-state index is 12.1. The lowest BCUT2D eigenvalue weighted by Gasteiger charge is -2.25. The maximum atomic E-state index is 12.1. The minimum Gasteiger partial charge on any atom is -0.379 e. The summed E-state index contributed by atoms with van der Waals surface area (Å²) in [7, 11) is 0. The smallest absolute Gasteiger partial charge is 0.254 e. The van der Waals surface area contributed by atoms with Gasteiger partial charge in [-0.25, -0.2) is 10.4 Å². The predicted molar refractivity (Wildman–Crippen MR) is 102 cm³/mol. The van der Waals surface area contributed by atoms with Crippen LogP contribution < -0.4 is 5.43 Å². The molecule has 1 amide bonds. The first kappa shape index (κ1) is 16.6. The van der Waals surface area contributed by atoms with E-state index in [9.17, 15) is 4.79 Å². The van der Waals surface area contributed by atoms with Gasteiger partial charge in [-0.15, -0.1) is 0 Å². The first-order valence-corrected chi connectivity index (χ1v) is 8.71. The van der Waals surface area contributed by atoms with Gasteiger partial charge in [0.1, 0.15) is 0 Å². The van der Waals surface area contributed by atoms with Crippen LogP contribution in [0.15, 0.2) is 53.6 Å². The van der Waals surface area contributed by atoms with Gasteiger partial charge in [0, 0.05) is 29.4 Å². The predicted octanol–water partition coefficient (Wildman–Crippen LogP) is 2.17. The van der Waals surface area contributed by atoms with Gasteiger partial charge in [-0.3, -0.25) is 9.69 Å². The lowest BCUT2D eigenvalue weighted by molar-refractivity contribution is -0.123. The Balaban J connectivity index is 1.57. The molecule has 1 fully saturated rings. The topological polar surface area (TPSA) is 66.8 Å². The lowest BCUT2D eigenvalue weighted by atomic mass is 10.0. The second kappa shape index (κ2) is 7.59. The van der Waals surface area contributed by atoms with E-state index in [1.54, 1.807) is 6.21 Å². The van der Waals surface area contributed by atoms with E-state index in [2.05, 4.69) is 15.4 Å². The molecule has 1 saturated heterocycles. The largest absolute Gasteiger partial charge is 0.379 e. The highest BCUT2D eigenvalue weighted by Crippen LogP contribution is 2.24. The summed E-state index contributed by atoms with van der Waals surface area (Å²) in [5, 5.41) is 6.22. The summed E-state index contributed by atoms with van der Waals surface area (Å²) in [5.41, 5.74) is 5.41. The number of carbonyl (C=O) groups is 1. The molecular weight excluding hydrogens is 328 g/mol. The van der Waals surface area contributed by atoms with Crippen LogP contribution in [0.2, 0.25) is 0 Å². The number of rotatable bonds is 4. The van der Waals surface area contributed by atoms with E-state index in [0.717, 1.165) is 40.5 Å². The van der Waals surface area contributed by atoms with Crippen LogP contribution in [0.4, 0.5) is 0 Å². The van der Waals surface area contributed by atoms with Crippen molar-refractivity contribution in [3.63, 3.8) is 0 Å². The lowest BCUT2D eigenvalue weighted by Crippen LogP contribution is -2.42. The number of nitrogens with zero attached hydrogens (tertiary/aromatic N) is 3. The standard InChI is InChI=1S/C20H20N4O2/c25-20(14-24-9-11-26-12-10-24)23-21-13-17-15-5-1-3-7-18(15)22-19-8-4-2-6-16(17)19/h1-8,13H,9-12,14H2,(H,23,25)/b21-13+. The van der Waals surface area contributed by atoms with Crippen molar-refractivity contribution in [1.82, 2.24) is 15.3 Å². The molecule has 0 unspecified atom stereocenters. The van der Waals surface area contributed by atoms with E-state index in [1.165, 1.54) is 0 Å². The Morgan fingerprint density at radius 3 is 2.35 bits per heavy atom. The number of para-hydroxylation sites is 2. The molecule has 1 aliphatic heterocycles. The number of amides is 1. The monoisotopic (exact) mass is 348 g/mol. The Kier molecular flexibility index (Phi) is 4.86. The summed E-state index contributed by atoms with van der Waals surface area (Å²) < 4.78 is 5.29. The number of fused-ring (bicyclic) bond motifs is 2. The number of hydrogen-bond acceptors (Lipinski definition) is 5. The molecule has 6 nitrogen and oxygen atoms in total. The summed E-state index contributed by atoms with van der Waals surface area (Å²) in [6.45, 7) is 3.23. The number of morpholine rings is 1. The van der Waals surface area contributed by atoms with Crippen molar-refractivity contribution in [3.05, 3.63) is 54.1 Å². The van der Waals surface area contributed by atoms with E-state index in [4.69, 9.17) is 9.72 Å². The first-order chi connectivity index (χ1) is 12.8. The molecule has 0 aliphatic carbocycles. The maximum Gasteiger partial charge on any atom is 0.254 e. The van der Waals surface area contributed by atoms with Gasteiger partial charge in [0.25, 0.3) is 5.91 Å². The summed E-state index contributed by atoms with van der Waals surface area (Å²) in [4.78, 5) is 18.9. The number of pyridine rings is 1. The van der Waals surface area contributed by atoms with Crippen LogP contribution >= 0.6 is 0 Å². The van der Waals surface area contributed by atoms with Crippen molar-refractivity contribution in [3.8, 4) is 0 Å². The molecule has 1 aliphatic rings. The van der Waals surface area contributed by atoms with Crippen molar-refractivity contribution >= 4 is 33.9 Å². The molecule has 0 atom stereocenters. The second-order valence-corrected chi connectivity index (χ2v) is 6.24. The SMILES string of the molecule is O=C(CN1CCOCC1)N/N=C/c1c2ccccc2nc2ccccc12. The molecule has 4 rings (SSSR count). The molecule has 2 heterocycles. The Bertz CT molecular complexity index is 910. The Morgan fingerprint density at radius 2 is 1.69 bits per heavy atom. The van der Waals surface area contributed by atoms with Crippen molar-refractivity contribution in [2.24, 2.45) is 5.10 Å². The molecule has 26 heavy (non-hydrogen) atoms. The van der Waals surface area contributed by atoms with Gasteiger partial charge >= 0.3 is 0 Å². The number of carbonyl (C=O) groups excluding carboxylic acids is 1. The van der Waals surface area contributed by atoms with Crippen molar-refractivity contribution in [1.29, 1.82) is 0 Å². The molecule has 132 valence electrons. The van der Waals surface area contributed by atoms with Gasteiger partial charge < -0.3 is 4.74 Å². The molecule has 0 bridgehead atoms. The van der Waals surface area contributed by atoms with Gasteiger partial charge in [0.15, 0.2) is 0 Å². The molecule has 3 aromatic rings. The number of nitrogens with one attached hydrogen (secondary N) is 1. The molecular formula is C20H20N4O2. The zero-order chi connectivity index (χ0) is 17.8. The van der Waals surface area contributed by atoms with Gasteiger partial charge in [0.2, 0.25) is 0 Å². The van der Waals surface area contributed by atoms with Crippen molar-refractivity contribution in [2.45, 2.75) is 0 Å². The van der Waals surface area contributed by atoms with Gasteiger partial charge in [-0.1, -0.05) is 36.4 Å². The number of aromatic nitrogens is 1. The third-order valence-corrected chi connectivity index (χ3v) is 4.48.